The van der Waals surface area contributed by atoms with Crippen molar-refractivity contribution in [3.63, 3.8) is 0 Å². The fourth-order valence-electron chi connectivity index (χ4n) is 5.25. The van der Waals surface area contributed by atoms with Crippen molar-refractivity contribution < 1.29 is 14.7 Å². The number of carboxylic acid groups (broad SMARTS) is 1. The van der Waals surface area contributed by atoms with Crippen LogP contribution < -0.4 is 4.90 Å². The van der Waals surface area contributed by atoms with Crippen molar-refractivity contribution in [1.82, 2.24) is 4.98 Å². The number of hydrogen-bond acceptors (Lipinski definition) is 5. The van der Waals surface area contributed by atoms with E-state index in [0.717, 1.165) is 61.1 Å². The van der Waals surface area contributed by atoms with Gasteiger partial charge in [-0.15, -0.1) is 22.7 Å². The number of anilines is 1. The summed E-state index contributed by atoms with van der Waals surface area (Å²) in [6, 6.07) is 1.69. The molecule has 2 aromatic rings. The van der Waals surface area contributed by atoms with Crippen molar-refractivity contribution in [3.8, 4) is 0 Å². The normalized spacial score (nSPS) is 21.5. The zero-order chi connectivity index (χ0) is 27.1. The summed E-state index contributed by atoms with van der Waals surface area (Å²) >= 11 is 3.09. The van der Waals surface area contributed by atoms with E-state index < -0.39 is 5.97 Å². The van der Waals surface area contributed by atoms with E-state index in [1.807, 2.05) is 33.2 Å². The molecule has 37 heavy (non-hydrogen) atoms. The van der Waals surface area contributed by atoms with E-state index in [2.05, 4.69) is 36.4 Å². The van der Waals surface area contributed by atoms with Gasteiger partial charge in [-0.25, -0.2) is 9.78 Å². The highest BCUT2D eigenvalue weighted by molar-refractivity contribution is 7.17. The number of carboxylic acids is 1. The molecule has 2 aromatic heterocycles. The van der Waals surface area contributed by atoms with Crippen molar-refractivity contribution in [2.24, 2.45) is 17.8 Å². The lowest BCUT2D eigenvalue weighted by atomic mass is 9.82. The molecule has 1 atom stereocenters. The highest BCUT2D eigenvalue weighted by Gasteiger charge is 2.34. The summed E-state index contributed by atoms with van der Waals surface area (Å²) < 4.78 is 0. The number of thiophene rings is 1. The molecule has 4 rings (SSSR count). The monoisotopic (exact) mass is 542 g/mol. The van der Waals surface area contributed by atoms with Gasteiger partial charge < -0.3 is 10.0 Å². The van der Waals surface area contributed by atoms with Crippen LogP contribution in [0.4, 0.5) is 5.00 Å². The minimum atomic E-state index is -0.971. The molecular formula is C30H42N2O3S2. The number of carbonyl (C=O) groups excluding carboxylic acids is 1. The second-order valence-electron chi connectivity index (χ2n) is 10.4. The van der Waals surface area contributed by atoms with Gasteiger partial charge in [-0.2, -0.15) is 0 Å². The van der Waals surface area contributed by atoms with Crippen LogP contribution in [0.25, 0.3) is 5.57 Å². The molecule has 1 N–H and O–H groups in total. The molecule has 5 nitrogen and oxygen atoms in total. The Balaban J connectivity index is 0.00000186. The number of carbonyl (C=O) groups is 2. The van der Waals surface area contributed by atoms with Crippen LogP contribution in [0.1, 0.15) is 101 Å². The Hall–Kier alpha value is -2.25. The molecule has 0 aliphatic heterocycles. The van der Waals surface area contributed by atoms with Crippen molar-refractivity contribution in [2.45, 2.75) is 92.5 Å². The van der Waals surface area contributed by atoms with E-state index in [-0.39, 0.29) is 23.4 Å². The molecule has 1 saturated carbocycles. The molecular weight excluding hydrogens is 500 g/mol. The average molecular weight is 543 g/mol. The number of amides is 1. The Labute approximate surface area is 230 Å². The summed E-state index contributed by atoms with van der Waals surface area (Å²) in [6.45, 7) is 12.4. The van der Waals surface area contributed by atoms with Gasteiger partial charge in [0.2, 0.25) is 5.91 Å². The first-order valence-corrected chi connectivity index (χ1v) is 15.5. The van der Waals surface area contributed by atoms with Crippen molar-refractivity contribution in [2.75, 3.05) is 4.90 Å². The van der Waals surface area contributed by atoms with Gasteiger partial charge in [-0.05, 0) is 82.3 Å². The van der Waals surface area contributed by atoms with E-state index in [1.54, 1.807) is 22.3 Å². The molecule has 0 radical (unpaired) electrons. The molecule has 1 amide bonds. The fraction of sp³-hybridized carbons (Fsp3) is 0.567. The van der Waals surface area contributed by atoms with Crippen molar-refractivity contribution in [3.05, 3.63) is 50.8 Å². The number of aromatic nitrogens is 1. The third kappa shape index (κ3) is 7.20. The van der Waals surface area contributed by atoms with Crippen LogP contribution in [0, 0.1) is 17.8 Å². The van der Waals surface area contributed by atoms with Gasteiger partial charge in [0, 0.05) is 22.2 Å². The number of nitrogens with zero attached hydrogens (tertiary/aromatic N) is 2. The number of aromatic carboxylic acids is 1. The lowest BCUT2D eigenvalue weighted by Crippen LogP contribution is -2.42. The van der Waals surface area contributed by atoms with Gasteiger partial charge in [0.25, 0.3) is 0 Å². The molecule has 0 saturated heterocycles. The maximum Gasteiger partial charge on any atom is 0.338 e. The van der Waals surface area contributed by atoms with E-state index in [0.29, 0.717) is 16.8 Å². The lowest BCUT2D eigenvalue weighted by molar-refractivity contribution is -0.123. The number of hydrogen-bond donors (Lipinski definition) is 1. The molecule has 1 unspecified atom stereocenters. The Morgan fingerprint density at radius 1 is 1.11 bits per heavy atom. The minimum Gasteiger partial charge on any atom is -0.478 e. The molecule has 7 heteroatoms. The predicted molar refractivity (Wildman–Crippen MR) is 157 cm³/mol. The molecule has 1 fully saturated rings. The summed E-state index contributed by atoms with van der Waals surface area (Å²) in [5, 5.41) is 12.7. The second kappa shape index (κ2) is 13.5. The van der Waals surface area contributed by atoms with Gasteiger partial charge in [-0.3, -0.25) is 4.79 Å². The predicted octanol–water partition coefficient (Wildman–Crippen LogP) is 8.48. The van der Waals surface area contributed by atoms with Crippen LogP contribution in [-0.4, -0.2) is 28.0 Å². The van der Waals surface area contributed by atoms with Crippen molar-refractivity contribution >= 4 is 45.1 Å². The lowest BCUT2D eigenvalue weighted by Gasteiger charge is -2.33. The van der Waals surface area contributed by atoms with Crippen LogP contribution in [0.5, 0.6) is 0 Å². The third-order valence-electron chi connectivity index (χ3n) is 7.35. The van der Waals surface area contributed by atoms with E-state index >= 15 is 0 Å². The van der Waals surface area contributed by atoms with Crippen LogP contribution in [0.15, 0.2) is 34.7 Å². The topological polar surface area (TPSA) is 70.5 Å². The zero-order valence-electron chi connectivity index (χ0n) is 23.1. The highest BCUT2D eigenvalue weighted by Crippen LogP contribution is 2.43. The Morgan fingerprint density at radius 2 is 1.81 bits per heavy atom. The van der Waals surface area contributed by atoms with Crippen molar-refractivity contribution in [1.29, 1.82) is 0 Å². The Kier molecular flexibility index (Phi) is 10.7. The van der Waals surface area contributed by atoms with E-state index in [9.17, 15) is 14.7 Å². The molecule has 2 aliphatic carbocycles. The van der Waals surface area contributed by atoms with Gasteiger partial charge in [0.15, 0.2) is 0 Å². The largest absolute Gasteiger partial charge is 0.478 e. The highest BCUT2D eigenvalue weighted by atomic mass is 32.1. The summed E-state index contributed by atoms with van der Waals surface area (Å²) in [5.41, 5.74) is 5.80. The molecule has 2 aliphatic rings. The minimum absolute atomic E-state index is 0.0168. The second-order valence-corrected chi connectivity index (χ2v) is 12.2. The summed E-state index contributed by atoms with van der Waals surface area (Å²) in [6.07, 6.45) is 11.1. The average Bonchev–Trinajstić information content (AvgIpc) is 3.55. The maximum absolute atomic E-state index is 13.6. The molecule has 0 bridgehead atoms. The first-order valence-electron chi connectivity index (χ1n) is 13.7. The van der Waals surface area contributed by atoms with Gasteiger partial charge in [-0.1, -0.05) is 45.4 Å². The van der Waals surface area contributed by atoms with Gasteiger partial charge in [0.05, 0.1) is 16.8 Å². The standard InChI is InChI=1S/C28H36N2O3S2.C2H6/c1-17(2)30(26(31)21-9-5-18(3)6-10-21)27-24(28(32)33)14-25(35-27)23-12-8-20(13-19(23)4)7-11-22-15-34-16-29-22;1-2/h8,12,14-19,21H,5-7,9-11,13H2,1-4H3,(H,32,33);1-2H3. The van der Waals surface area contributed by atoms with E-state index in [1.165, 1.54) is 16.9 Å². The van der Waals surface area contributed by atoms with Crippen LogP contribution >= 0.6 is 22.7 Å². The molecule has 202 valence electrons. The zero-order valence-corrected chi connectivity index (χ0v) is 24.8. The first-order chi connectivity index (χ1) is 17.7. The van der Waals surface area contributed by atoms with Crippen LogP contribution in [0.2, 0.25) is 0 Å². The number of thiazole rings is 1. The summed E-state index contributed by atoms with van der Waals surface area (Å²) in [4.78, 5) is 32.9. The summed E-state index contributed by atoms with van der Waals surface area (Å²) in [5.74, 6) is 0.0477. The Morgan fingerprint density at radius 3 is 2.38 bits per heavy atom. The Bertz CT molecular complexity index is 1110. The van der Waals surface area contributed by atoms with Gasteiger partial charge in [0.1, 0.15) is 5.00 Å². The molecule has 0 aromatic carbocycles. The fourth-order valence-corrected chi connectivity index (χ4v) is 7.27. The van der Waals surface area contributed by atoms with Crippen LogP contribution in [-0.2, 0) is 11.2 Å². The number of allylic oxidation sites excluding steroid dienone is 4. The molecule has 2 heterocycles. The smallest absolute Gasteiger partial charge is 0.338 e. The summed E-state index contributed by atoms with van der Waals surface area (Å²) in [7, 11) is 0. The third-order valence-corrected chi connectivity index (χ3v) is 9.17. The first kappa shape index (κ1) is 29.3. The van der Waals surface area contributed by atoms with Crippen LogP contribution in [0.3, 0.4) is 0 Å². The maximum atomic E-state index is 13.6. The van der Waals surface area contributed by atoms with E-state index in [4.69, 9.17) is 0 Å². The van der Waals surface area contributed by atoms with Gasteiger partial charge >= 0.3 is 5.97 Å². The SMILES string of the molecule is CC.CC1CCC(C(=O)N(c2sc(C3=CC=C(CCc4cscn4)CC3C)cc2C(=O)O)C(C)C)CC1. The molecule has 0 spiro atoms. The number of rotatable bonds is 8. The number of aryl methyl sites for hydroxylation is 1. The quantitative estimate of drug-likeness (QED) is 0.363.